The lowest BCUT2D eigenvalue weighted by molar-refractivity contribution is -0.123. The van der Waals surface area contributed by atoms with Gasteiger partial charge in [-0.15, -0.1) is 10.2 Å². The average molecular weight is 286 g/mol. The highest BCUT2D eigenvalue weighted by Gasteiger charge is 2.32. The molecule has 4 rings (SSSR count). The predicted octanol–water partition coefficient (Wildman–Crippen LogP) is 1.32. The fraction of sp³-hybridized carbons (Fsp3) is 0.400. The molecule has 0 bridgehead atoms. The minimum absolute atomic E-state index is 0.0663. The Morgan fingerprint density at radius 1 is 1.43 bits per heavy atom. The number of aromatic nitrogens is 3. The van der Waals surface area contributed by atoms with Crippen molar-refractivity contribution < 1.29 is 9.18 Å². The monoisotopic (exact) mass is 286 g/mol. The van der Waals surface area contributed by atoms with Crippen molar-refractivity contribution in [3.8, 4) is 0 Å². The molecular weight excluding hydrogens is 271 g/mol. The van der Waals surface area contributed by atoms with Crippen LogP contribution in [-0.2, 0) is 30.7 Å². The zero-order valence-electron chi connectivity index (χ0n) is 11.5. The Kier molecular flexibility index (Phi) is 2.77. The van der Waals surface area contributed by atoms with Gasteiger partial charge in [0.1, 0.15) is 11.6 Å². The molecule has 108 valence electrons. The lowest BCUT2D eigenvalue weighted by Crippen LogP contribution is -2.35. The molecule has 0 spiro atoms. The van der Waals surface area contributed by atoms with E-state index in [9.17, 15) is 9.18 Å². The molecule has 1 atom stereocenters. The van der Waals surface area contributed by atoms with Crippen molar-refractivity contribution in [2.45, 2.75) is 38.3 Å². The molecule has 2 aliphatic rings. The Morgan fingerprint density at radius 3 is 3.24 bits per heavy atom. The van der Waals surface area contributed by atoms with Crippen molar-refractivity contribution in [1.29, 1.82) is 0 Å². The highest BCUT2D eigenvalue weighted by molar-refractivity contribution is 5.86. The number of hydrogen-bond acceptors (Lipinski definition) is 3. The molecule has 1 N–H and O–H groups in total. The predicted molar refractivity (Wildman–Crippen MR) is 73.0 cm³/mol. The fourth-order valence-corrected chi connectivity index (χ4v) is 3.14. The maximum atomic E-state index is 13.2. The van der Waals surface area contributed by atoms with Crippen LogP contribution >= 0.6 is 0 Å². The van der Waals surface area contributed by atoms with Gasteiger partial charge in [-0.05, 0) is 36.1 Å². The highest BCUT2D eigenvalue weighted by atomic mass is 19.1. The third-order valence-corrected chi connectivity index (χ3v) is 4.33. The summed E-state index contributed by atoms with van der Waals surface area (Å²) in [4.78, 5) is 12.2. The van der Waals surface area contributed by atoms with Gasteiger partial charge in [-0.1, -0.05) is 6.07 Å². The number of nitrogens with one attached hydrogen (secondary N) is 1. The molecule has 1 unspecified atom stereocenters. The van der Waals surface area contributed by atoms with Crippen LogP contribution in [0, 0.1) is 5.82 Å². The van der Waals surface area contributed by atoms with E-state index in [2.05, 4.69) is 20.1 Å². The summed E-state index contributed by atoms with van der Waals surface area (Å²) in [6.45, 7) is 1.30. The number of halogens is 1. The molecule has 1 aromatic heterocycles. The summed E-state index contributed by atoms with van der Waals surface area (Å²) in [5, 5.41) is 11.1. The maximum Gasteiger partial charge on any atom is 0.228 e. The molecule has 0 radical (unpaired) electrons. The number of carbonyl (C=O) groups excluding carboxylic acids is 1. The smallest absolute Gasteiger partial charge is 0.228 e. The van der Waals surface area contributed by atoms with Crippen LogP contribution in [0.25, 0.3) is 0 Å². The molecule has 5 nitrogen and oxygen atoms in total. The van der Waals surface area contributed by atoms with Crippen LogP contribution in [0.5, 0.6) is 0 Å². The van der Waals surface area contributed by atoms with Crippen molar-refractivity contribution in [3.05, 3.63) is 46.8 Å². The number of nitrogens with zero attached hydrogens (tertiary/aromatic N) is 3. The van der Waals surface area contributed by atoms with Crippen LogP contribution in [0.2, 0.25) is 0 Å². The number of aryl methyl sites for hydroxylation is 1. The first-order valence-corrected chi connectivity index (χ1v) is 7.19. The van der Waals surface area contributed by atoms with Crippen LogP contribution in [0.15, 0.2) is 18.2 Å². The van der Waals surface area contributed by atoms with Crippen LogP contribution in [0.3, 0.4) is 0 Å². The van der Waals surface area contributed by atoms with Crippen molar-refractivity contribution >= 4 is 5.91 Å². The van der Waals surface area contributed by atoms with Crippen LogP contribution < -0.4 is 5.32 Å². The first-order chi connectivity index (χ1) is 10.2. The quantitative estimate of drug-likeness (QED) is 0.925. The van der Waals surface area contributed by atoms with E-state index in [0.29, 0.717) is 13.0 Å². The van der Waals surface area contributed by atoms with Crippen molar-refractivity contribution in [2.75, 3.05) is 0 Å². The van der Waals surface area contributed by atoms with Gasteiger partial charge in [0.2, 0.25) is 5.91 Å². The van der Waals surface area contributed by atoms with E-state index in [1.807, 2.05) is 0 Å². The summed E-state index contributed by atoms with van der Waals surface area (Å²) in [5.41, 5.74) is 1.86. The number of benzene rings is 1. The minimum atomic E-state index is -0.290. The fourth-order valence-electron chi connectivity index (χ4n) is 3.14. The second-order valence-electron chi connectivity index (χ2n) is 5.61. The molecule has 0 saturated carbocycles. The molecule has 1 aliphatic carbocycles. The minimum Gasteiger partial charge on any atom is -0.348 e. The van der Waals surface area contributed by atoms with E-state index in [1.165, 1.54) is 12.1 Å². The lowest BCUT2D eigenvalue weighted by Gasteiger charge is -2.28. The maximum absolute atomic E-state index is 13.2. The number of hydrogen-bond donors (Lipinski definition) is 1. The van der Waals surface area contributed by atoms with Crippen LogP contribution in [0.4, 0.5) is 4.39 Å². The SMILES string of the molecule is O=C(NCc1nnc2n1CCC2)C1Cc2ccc(F)cc21. The van der Waals surface area contributed by atoms with Gasteiger partial charge in [0.25, 0.3) is 0 Å². The summed E-state index contributed by atoms with van der Waals surface area (Å²) in [6, 6.07) is 4.64. The number of carbonyl (C=O) groups is 1. The molecule has 1 aromatic carbocycles. The Morgan fingerprint density at radius 2 is 2.33 bits per heavy atom. The normalized spacial score (nSPS) is 18.8. The standard InChI is InChI=1S/C15H15FN4O/c16-10-4-3-9-6-12(11(9)7-10)15(21)17-8-14-19-18-13-2-1-5-20(13)14/h3-4,7,12H,1-2,5-6,8H2,(H,17,21). The number of amides is 1. The van der Waals surface area contributed by atoms with Gasteiger partial charge in [0.05, 0.1) is 12.5 Å². The average Bonchev–Trinajstić information content (AvgIpc) is 3.03. The summed E-state index contributed by atoms with van der Waals surface area (Å²) in [5.74, 6) is 1.20. The van der Waals surface area contributed by atoms with Gasteiger partial charge in [-0.2, -0.15) is 0 Å². The van der Waals surface area contributed by atoms with Crippen molar-refractivity contribution in [3.63, 3.8) is 0 Å². The zero-order chi connectivity index (χ0) is 14.4. The van der Waals surface area contributed by atoms with Crippen molar-refractivity contribution in [1.82, 2.24) is 20.1 Å². The molecule has 2 aromatic rings. The molecule has 0 fully saturated rings. The van der Waals surface area contributed by atoms with E-state index in [0.717, 1.165) is 42.2 Å². The van der Waals surface area contributed by atoms with Gasteiger partial charge < -0.3 is 9.88 Å². The second kappa shape index (κ2) is 4.65. The van der Waals surface area contributed by atoms with E-state index in [1.54, 1.807) is 6.07 Å². The van der Waals surface area contributed by atoms with E-state index >= 15 is 0 Å². The Labute approximate surface area is 121 Å². The van der Waals surface area contributed by atoms with Gasteiger partial charge in [-0.25, -0.2) is 4.39 Å². The Bertz CT molecular complexity index is 724. The van der Waals surface area contributed by atoms with Gasteiger partial charge in [0, 0.05) is 13.0 Å². The largest absolute Gasteiger partial charge is 0.348 e. The zero-order valence-corrected chi connectivity index (χ0v) is 11.5. The number of rotatable bonds is 3. The summed E-state index contributed by atoms with van der Waals surface area (Å²) in [7, 11) is 0. The van der Waals surface area contributed by atoms with E-state index in [4.69, 9.17) is 0 Å². The van der Waals surface area contributed by atoms with Crippen LogP contribution in [-0.4, -0.2) is 20.7 Å². The Balaban J connectivity index is 1.43. The molecule has 21 heavy (non-hydrogen) atoms. The third-order valence-electron chi connectivity index (χ3n) is 4.33. The molecule has 2 heterocycles. The van der Waals surface area contributed by atoms with Gasteiger partial charge in [-0.3, -0.25) is 4.79 Å². The van der Waals surface area contributed by atoms with Gasteiger partial charge in [0.15, 0.2) is 5.82 Å². The van der Waals surface area contributed by atoms with E-state index < -0.39 is 0 Å². The first kappa shape index (κ1) is 12.5. The molecule has 1 amide bonds. The molecule has 1 aliphatic heterocycles. The first-order valence-electron chi connectivity index (χ1n) is 7.19. The summed E-state index contributed by atoms with van der Waals surface area (Å²) < 4.78 is 15.3. The molecule has 6 heteroatoms. The lowest BCUT2D eigenvalue weighted by atomic mass is 9.77. The highest BCUT2D eigenvalue weighted by Crippen LogP contribution is 2.35. The number of fused-ring (bicyclic) bond motifs is 2. The summed E-state index contributed by atoms with van der Waals surface area (Å²) in [6.07, 6.45) is 2.72. The van der Waals surface area contributed by atoms with Gasteiger partial charge >= 0.3 is 0 Å². The Hall–Kier alpha value is -2.24. The van der Waals surface area contributed by atoms with E-state index in [-0.39, 0.29) is 17.6 Å². The summed E-state index contributed by atoms with van der Waals surface area (Å²) >= 11 is 0. The molecular formula is C15H15FN4O. The second-order valence-corrected chi connectivity index (χ2v) is 5.61. The van der Waals surface area contributed by atoms with Crippen LogP contribution in [0.1, 0.15) is 35.1 Å². The molecule has 0 saturated heterocycles. The third kappa shape index (κ3) is 2.02. The van der Waals surface area contributed by atoms with Crippen molar-refractivity contribution in [2.24, 2.45) is 0 Å². The topological polar surface area (TPSA) is 59.8 Å².